The maximum Gasteiger partial charge on any atom is 0.250 e. The molecule has 24 heavy (non-hydrogen) atoms. The molecule has 10 heteroatoms. The molecule has 0 saturated heterocycles. The molecular weight excluding hydrogens is 350 g/mol. The van der Waals surface area contributed by atoms with Crippen molar-refractivity contribution in [2.75, 3.05) is 0 Å². The number of hydrogen-bond acceptors (Lipinski definition) is 6. The third-order valence-corrected chi connectivity index (χ3v) is 7.00. The van der Waals surface area contributed by atoms with E-state index in [2.05, 4.69) is 14.9 Å². The fraction of sp³-hybridized carbons (Fsp3) is 0.500. The summed E-state index contributed by atoms with van der Waals surface area (Å²) in [5, 5.41) is 9.39. The van der Waals surface area contributed by atoms with Gasteiger partial charge in [-0.05, 0) is 18.9 Å². The van der Waals surface area contributed by atoms with E-state index in [0.29, 0.717) is 11.9 Å². The number of thiophene rings is 1. The fourth-order valence-corrected chi connectivity index (χ4v) is 5.07. The van der Waals surface area contributed by atoms with Crippen LogP contribution < -0.4 is 10.5 Å². The zero-order valence-electron chi connectivity index (χ0n) is 13.0. The van der Waals surface area contributed by atoms with Crippen molar-refractivity contribution in [1.29, 1.82) is 0 Å². The van der Waals surface area contributed by atoms with Gasteiger partial charge in [-0.1, -0.05) is 19.3 Å². The minimum absolute atomic E-state index is 0.0556. The van der Waals surface area contributed by atoms with Crippen LogP contribution >= 0.6 is 11.3 Å². The van der Waals surface area contributed by atoms with Crippen LogP contribution in [-0.2, 0) is 16.6 Å². The van der Waals surface area contributed by atoms with Crippen LogP contribution in [0.4, 0.5) is 0 Å². The summed E-state index contributed by atoms with van der Waals surface area (Å²) in [6.07, 6.45) is 7.35. The Bertz CT molecular complexity index is 821. The topological polar surface area (TPSA) is 120 Å². The summed E-state index contributed by atoms with van der Waals surface area (Å²) >= 11 is 0.960. The molecule has 0 aliphatic heterocycles. The molecule has 0 radical (unpaired) electrons. The fourth-order valence-electron chi connectivity index (χ4n) is 2.87. The van der Waals surface area contributed by atoms with Crippen LogP contribution in [0.2, 0.25) is 0 Å². The molecule has 1 amide bonds. The van der Waals surface area contributed by atoms with E-state index in [1.165, 1.54) is 30.7 Å². The number of nitrogens with zero attached hydrogens (tertiary/aromatic N) is 3. The summed E-state index contributed by atoms with van der Waals surface area (Å²) in [6.45, 7) is 0.0582. The third kappa shape index (κ3) is 3.65. The van der Waals surface area contributed by atoms with Crippen LogP contribution in [0.15, 0.2) is 22.0 Å². The molecule has 2 heterocycles. The van der Waals surface area contributed by atoms with Gasteiger partial charge in [0.05, 0.1) is 12.1 Å². The van der Waals surface area contributed by atoms with Gasteiger partial charge in [-0.15, -0.1) is 21.5 Å². The number of carbonyl (C=O) groups is 1. The average Bonchev–Trinajstić information content (AvgIpc) is 3.23. The summed E-state index contributed by atoms with van der Waals surface area (Å²) in [7, 11) is -3.72. The molecular formula is C14H19N5O3S2. The molecule has 2 aromatic rings. The molecule has 0 aromatic carbocycles. The SMILES string of the molecule is NC(=O)c1csc(S(=O)(=O)NCc2nncn2C2CCCCC2)c1. The van der Waals surface area contributed by atoms with Crippen molar-refractivity contribution in [3.05, 3.63) is 29.2 Å². The Morgan fingerprint density at radius 3 is 2.79 bits per heavy atom. The summed E-state index contributed by atoms with van der Waals surface area (Å²) < 4.78 is 29.2. The van der Waals surface area contributed by atoms with Gasteiger partial charge in [-0.3, -0.25) is 4.79 Å². The number of hydrogen-bond donors (Lipinski definition) is 2. The number of carbonyl (C=O) groups excluding carboxylic acids is 1. The van der Waals surface area contributed by atoms with Gasteiger partial charge in [-0.25, -0.2) is 13.1 Å². The second-order valence-corrected chi connectivity index (χ2v) is 8.69. The standard InChI is InChI=1S/C14H19N5O3S2/c15-14(20)10-6-13(23-8-10)24(21,22)17-7-12-18-16-9-19(12)11-4-2-1-3-5-11/h6,8-9,11,17H,1-5,7H2,(H2,15,20). The smallest absolute Gasteiger partial charge is 0.250 e. The molecule has 130 valence electrons. The van der Waals surface area contributed by atoms with E-state index < -0.39 is 15.9 Å². The highest BCUT2D eigenvalue weighted by Gasteiger charge is 2.22. The van der Waals surface area contributed by atoms with Crippen molar-refractivity contribution < 1.29 is 13.2 Å². The molecule has 1 saturated carbocycles. The number of rotatable bonds is 6. The summed E-state index contributed by atoms with van der Waals surface area (Å²) in [4.78, 5) is 11.1. The van der Waals surface area contributed by atoms with Gasteiger partial charge in [0.25, 0.3) is 0 Å². The number of aromatic nitrogens is 3. The Morgan fingerprint density at radius 1 is 1.38 bits per heavy atom. The van der Waals surface area contributed by atoms with Crippen molar-refractivity contribution in [3.63, 3.8) is 0 Å². The van der Waals surface area contributed by atoms with Gasteiger partial charge < -0.3 is 10.3 Å². The Morgan fingerprint density at radius 2 is 2.12 bits per heavy atom. The zero-order chi connectivity index (χ0) is 17.2. The van der Waals surface area contributed by atoms with Gasteiger partial charge in [0.15, 0.2) is 0 Å². The largest absolute Gasteiger partial charge is 0.366 e. The minimum atomic E-state index is -3.72. The monoisotopic (exact) mass is 369 g/mol. The number of amides is 1. The second-order valence-electron chi connectivity index (χ2n) is 5.79. The van der Waals surface area contributed by atoms with Crippen molar-refractivity contribution in [3.8, 4) is 0 Å². The predicted molar refractivity (Wildman–Crippen MR) is 89.0 cm³/mol. The lowest BCUT2D eigenvalue weighted by molar-refractivity contribution is 0.100. The molecule has 3 N–H and O–H groups in total. The van der Waals surface area contributed by atoms with E-state index in [-0.39, 0.29) is 16.3 Å². The van der Waals surface area contributed by atoms with Gasteiger partial charge in [0, 0.05) is 11.4 Å². The molecule has 0 atom stereocenters. The molecule has 8 nitrogen and oxygen atoms in total. The highest BCUT2D eigenvalue weighted by molar-refractivity contribution is 7.91. The van der Waals surface area contributed by atoms with E-state index in [0.717, 1.165) is 24.2 Å². The molecule has 0 spiro atoms. The molecule has 1 aliphatic carbocycles. The van der Waals surface area contributed by atoms with E-state index in [9.17, 15) is 13.2 Å². The predicted octanol–water partition coefficient (Wildman–Crippen LogP) is 1.42. The number of nitrogens with two attached hydrogens (primary N) is 1. The normalized spacial score (nSPS) is 16.3. The minimum Gasteiger partial charge on any atom is -0.366 e. The molecule has 2 aromatic heterocycles. The first kappa shape index (κ1) is 17.1. The number of sulfonamides is 1. The molecule has 0 unspecified atom stereocenters. The Hall–Kier alpha value is -1.78. The Labute approximate surface area is 144 Å². The van der Waals surface area contributed by atoms with E-state index in [1.54, 1.807) is 6.33 Å². The Balaban J connectivity index is 1.71. The maximum atomic E-state index is 12.3. The molecule has 3 rings (SSSR count). The quantitative estimate of drug-likeness (QED) is 0.798. The van der Waals surface area contributed by atoms with Crippen molar-refractivity contribution in [2.45, 2.75) is 48.9 Å². The zero-order valence-corrected chi connectivity index (χ0v) is 14.6. The third-order valence-electron chi connectivity index (χ3n) is 4.16. The molecule has 1 aliphatic rings. The van der Waals surface area contributed by atoms with Crippen molar-refractivity contribution in [1.82, 2.24) is 19.5 Å². The van der Waals surface area contributed by atoms with Gasteiger partial charge in [-0.2, -0.15) is 0 Å². The van der Waals surface area contributed by atoms with Crippen LogP contribution in [-0.4, -0.2) is 29.1 Å². The van der Waals surface area contributed by atoms with Crippen LogP contribution in [0.1, 0.15) is 54.3 Å². The van der Waals surface area contributed by atoms with Crippen molar-refractivity contribution in [2.24, 2.45) is 5.73 Å². The first-order chi connectivity index (χ1) is 11.5. The molecule has 0 bridgehead atoms. The summed E-state index contributed by atoms with van der Waals surface area (Å²) in [6, 6.07) is 1.61. The van der Waals surface area contributed by atoms with Gasteiger partial charge in [0.2, 0.25) is 15.9 Å². The Kier molecular flexibility index (Phi) is 4.97. The second kappa shape index (κ2) is 6.99. The lowest BCUT2D eigenvalue weighted by Crippen LogP contribution is -2.25. The highest BCUT2D eigenvalue weighted by Crippen LogP contribution is 2.28. The summed E-state index contributed by atoms with van der Waals surface area (Å²) in [5.41, 5.74) is 5.34. The van der Waals surface area contributed by atoms with E-state index in [4.69, 9.17) is 5.73 Å². The lowest BCUT2D eigenvalue weighted by atomic mass is 9.95. The highest BCUT2D eigenvalue weighted by atomic mass is 32.2. The first-order valence-electron chi connectivity index (χ1n) is 7.74. The maximum absolute atomic E-state index is 12.3. The number of primary amides is 1. The van der Waals surface area contributed by atoms with Gasteiger partial charge >= 0.3 is 0 Å². The molecule has 1 fully saturated rings. The van der Waals surface area contributed by atoms with Gasteiger partial charge in [0.1, 0.15) is 16.4 Å². The van der Waals surface area contributed by atoms with E-state index in [1.807, 2.05) is 4.57 Å². The van der Waals surface area contributed by atoms with Crippen LogP contribution in [0, 0.1) is 0 Å². The van der Waals surface area contributed by atoms with Crippen LogP contribution in [0.25, 0.3) is 0 Å². The first-order valence-corrected chi connectivity index (χ1v) is 10.1. The summed E-state index contributed by atoms with van der Waals surface area (Å²) in [5.74, 6) is -0.0538. The number of nitrogens with one attached hydrogen (secondary N) is 1. The van der Waals surface area contributed by atoms with Crippen LogP contribution in [0.5, 0.6) is 0 Å². The van der Waals surface area contributed by atoms with Crippen molar-refractivity contribution >= 4 is 27.3 Å². The van der Waals surface area contributed by atoms with E-state index >= 15 is 0 Å². The average molecular weight is 369 g/mol. The lowest BCUT2D eigenvalue weighted by Gasteiger charge is -2.23. The van der Waals surface area contributed by atoms with Crippen LogP contribution in [0.3, 0.4) is 0 Å².